The highest BCUT2D eigenvalue weighted by Crippen LogP contribution is 2.33. The largest absolute Gasteiger partial charge is 0.383 e. The topological polar surface area (TPSA) is 47.4 Å². The first-order chi connectivity index (χ1) is 12.8. The quantitative estimate of drug-likeness (QED) is 0.806. The lowest BCUT2D eigenvalue weighted by Crippen LogP contribution is -2.40. The Morgan fingerprint density at radius 1 is 1.35 bits per heavy atom. The Kier molecular flexibility index (Phi) is 5.41. The fourth-order valence-corrected chi connectivity index (χ4v) is 5.40. The Morgan fingerprint density at radius 2 is 2.23 bits per heavy atom. The number of imidazole rings is 1. The van der Waals surface area contributed by atoms with Crippen molar-refractivity contribution in [3.05, 3.63) is 39.6 Å². The van der Waals surface area contributed by atoms with Gasteiger partial charge in [0.1, 0.15) is 5.82 Å². The fraction of sp³-hybridized carbons (Fsp3) is 0.600. The molecule has 1 aliphatic carbocycles. The molecule has 140 valence electrons. The third kappa shape index (κ3) is 3.45. The molecule has 0 aromatic carbocycles. The van der Waals surface area contributed by atoms with Gasteiger partial charge in [-0.1, -0.05) is 0 Å². The van der Waals surface area contributed by atoms with Crippen LogP contribution in [0.25, 0.3) is 0 Å². The average Bonchev–Trinajstić information content (AvgIpc) is 3.33. The molecule has 4 rings (SSSR count). The number of ether oxygens (including phenoxy) is 1. The summed E-state index contributed by atoms with van der Waals surface area (Å²) in [6, 6.07) is 0. The Hall–Kier alpha value is -1.66. The van der Waals surface area contributed by atoms with Crippen LogP contribution in [-0.4, -0.2) is 47.2 Å². The van der Waals surface area contributed by atoms with Crippen LogP contribution < -0.4 is 0 Å². The number of nitrogens with zero attached hydrogens (tertiary/aromatic N) is 3. The predicted molar refractivity (Wildman–Crippen MR) is 103 cm³/mol. The van der Waals surface area contributed by atoms with Crippen LogP contribution in [0.5, 0.6) is 0 Å². The first-order valence-corrected chi connectivity index (χ1v) is 10.5. The zero-order valence-electron chi connectivity index (χ0n) is 15.4. The van der Waals surface area contributed by atoms with E-state index in [-0.39, 0.29) is 5.91 Å². The molecule has 0 N–H and O–H groups in total. The number of methoxy groups -OCH3 is 1. The third-order valence-corrected chi connectivity index (χ3v) is 6.71. The van der Waals surface area contributed by atoms with Gasteiger partial charge in [0, 0.05) is 45.1 Å². The summed E-state index contributed by atoms with van der Waals surface area (Å²) in [6.07, 6.45) is 10.7. The molecule has 2 aromatic rings. The summed E-state index contributed by atoms with van der Waals surface area (Å²) in [5, 5.41) is 2.21. The lowest BCUT2D eigenvalue weighted by molar-refractivity contribution is 0.0706. The fourth-order valence-electron chi connectivity index (χ4n) is 4.27. The first kappa shape index (κ1) is 17.7. The average molecular weight is 374 g/mol. The van der Waals surface area contributed by atoms with Gasteiger partial charge >= 0.3 is 0 Å². The van der Waals surface area contributed by atoms with E-state index in [9.17, 15) is 4.79 Å². The standard InChI is InChI=1S/C20H27N3O2S/c1-25-12-11-22-10-8-21-19(22)15-6-4-9-23(13-15)20(24)18-17-7-3-2-5-16(17)14-26-18/h8,10,14-15H,2-7,9,11-13H2,1H3. The number of aromatic nitrogens is 2. The maximum absolute atomic E-state index is 13.2. The van der Waals surface area contributed by atoms with Crippen LogP contribution in [0.1, 0.15) is 58.2 Å². The number of hydrogen-bond acceptors (Lipinski definition) is 4. The number of aryl methyl sites for hydroxylation is 1. The van der Waals surface area contributed by atoms with Crippen molar-refractivity contribution in [2.75, 3.05) is 26.8 Å². The molecule has 1 unspecified atom stereocenters. The Bertz CT molecular complexity index is 767. The van der Waals surface area contributed by atoms with Gasteiger partial charge in [-0.3, -0.25) is 4.79 Å². The summed E-state index contributed by atoms with van der Waals surface area (Å²) < 4.78 is 7.38. The Balaban J connectivity index is 1.49. The van der Waals surface area contributed by atoms with Crippen molar-refractivity contribution in [3.8, 4) is 0 Å². The smallest absolute Gasteiger partial charge is 0.264 e. The van der Waals surface area contributed by atoms with Gasteiger partial charge in [0.25, 0.3) is 5.91 Å². The van der Waals surface area contributed by atoms with Crippen LogP contribution in [0.15, 0.2) is 17.8 Å². The number of fused-ring (bicyclic) bond motifs is 1. The highest BCUT2D eigenvalue weighted by atomic mass is 32.1. The molecule has 6 heteroatoms. The van der Waals surface area contributed by atoms with Gasteiger partial charge < -0.3 is 14.2 Å². The van der Waals surface area contributed by atoms with Crippen LogP contribution in [0.4, 0.5) is 0 Å². The van der Waals surface area contributed by atoms with Gasteiger partial charge in [-0.25, -0.2) is 4.98 Å². The van der Waals surface area contributed by atoms with Crippen molar-refractivity contribution in [3.63, 3.8) is 0 Å². The summed E-state index contributed by atoms with van der Waals surface area (Å²) >= 11 is 1.65. The van der Waals surface area contributed by atoms with Crippen LogP contribution in [0.3, 0.4) is 0 Å². The molecule has 0 radical (unpaired) electrons. The van der Waals surface area contributed by atoms with Crippen molar-refractivity contribution in [1.82, 2.24) is 14.5 Å². The van der Waals surface area contributed by atoms with Gasteiger partial charge in [-0.05, 0) is 55.0 Å². The van der Waals surface area contributed by atoms with E-state index in [1.165, 1.54) is 24.0 Å². The normalized spacial score (nSPS) is 20.2. The van der Waals surface area contributed by atoms with Crippen molar-refractivity contribution < 1.29 is 9.53 Å². The highest BCUT2D eigenvalue weighted by Gasteiger charge is 2.30. The maximum atomic E-state index is 13.2. The predicted octanol–water partition coefficient (Wildman–Crippen LogP) is 3.49. The van der Waals surface area contributed by atoms with Crippen molar-refractivity contribution in [2.45, 2.75) is 51.0 Å². The second-order valence-corrected chi connectivity index (χ2v) is 8.22. The minimum Gasteiger partial charge on any atom is -0.383 e. The molecule has 1 fully saturated rings. The van der Waals surface area contributed by atoms with Crippen molar-refractivity contribution >= 4 is 17.2 Å². The van der Waals surface area contributed by atoms with E-state index in [2.05, 4.69) is 19.8 Å². The number of carbonyl (C=O) groups excluding carboxylic acids is 1. The molecule has 1 saturated heterocycles. The zero-order valence-corrected chi connectivity index (χ0v) is 16.3. The van der Waals surface area contributed by atoms with Crippen molar-refractivity contribution in [1.29, 1.82) is 0 Å². The molecule has 2 aliphatic rings. The lowest BCUT2D eigenvalue weighted by Gasteiger charge is -2.33. The molecule has 0 saturated carbocycles. The molecule has 2 aromatic heterocycles. The zero-order chi connectivity index (χ0) is 17.9. The van der Waals surface area contributed by atoms with Crippen LogP contribution in [0, 0.1) is 0 Å². The van der Waals surface area contributed by atoms with Crippen molar-refractivity contribution in [2.24, 2.45) is 0 Å². The number of amides is 1. The summed E-state index contributed by atoms with van der Waals surface area (Å²) in [5.41, 5.74) is 2.74. The van der Waals surface area contributed by atoms with Gasteiger partial charge in [0.2, 0.25) is 0 Å². The molecule has 1 aliphatic heterocycles. The summed E-state index contributed by atoms with van der Waals surface area (Å²) in [6.45, 7) is 3.13. The lowest BCUT2D eigenvalue weighted by atomic mass is 9.93. The molecular formula is C20H27N3O2S. The van der Waals surface area contributed by atoms with Gasteiger partial charge in [-0.2, -0.15) is 0 Å². The molecule has 0 spiro atoms. The third-order valence-electron chi connectivity index (χ3n) is 5.66. The molecule has 26 heavy (non-hydrogen) atoms. The van der Waals surface area contributed by atoms with E-state index in [0.717, 1.165) is 56.0 Å². The maximum Gasteiger partial charge on any atom is 0.264 e. The number of thiophene rings is 1. The van der Waals surface area contributed by atoms with Gasteiger partial charge in [-0.15, -0.1) is 11.3 Å². The van der Waals surface area contributed by atoms with Gasteiger partial charge in [0.15, 0.2) is 0 Å². The Morgan fingerprint density at radius 3 is 3.12 bits per heavy atom. The first-order valence-electron chi connectivity index (χ1n) is 9.66. The minimum absolute atomic E-state index is 0.234. The van der Waals surface area contributed by atoms with Crippen LogP contribution >= 0.6 is 11.3 Å². The summed E-state index contributed by atoms with van der Waals surface area (Å²) in [4.78, 5) is 20.8. The molecule has 3 heterocycles. The van der Waals surface area contributed by atoms with E-state index in [4.69, 9.17) is 4.74 Å². The number of piperidine rings is 1. The number of rotatable bonds is 5. The molecular weight excluding hydrogens is 346 g/mol. The molecule has 1 amide bonds. The number of likely N-dealkylation sites (tertiary alicyclic amines) is 1. The number of hydrogen-bond donors (Lipinski definition) is 0. The summed E-state index contributed by atoms with van der Waals surface area (Å²) in [5.74, 6) is 1.64. The van der Waals surface area contributed by atoms with E-state index in [1.54, 1.807) is 18.4 Å². The monoisotopic (exact) mass is 373 g/mol. The number of carbonyl (C=O) groups is 1. The van der Waals surface area contributed by atoms with E-state index in [1.807, 2.05) is 12.4 Å². The van der Waals surface area contributed by atoms with Crippen LogP contribution in [0.2, 0.25) is 0 Å². The van der Waals surface area contributed by atoms with E-state index in [0.29, 0.717) is 12.5 Å². The van der Waals surface area contributed by atoms with Crippen LogP contribution in [-0.2, 0) is 24.1 Å². The summed E-state index contributed by atoms with van der Waals surface area (Å²) in [7, 11) is 1.72. The van der Waals surface area contributed by atoms with Gasteiger partial charge in [0.05, 0.1) is 11.5 Å². The second kappa shape index (κ2) is 7.92. The SMILES string of the molecule is COCCn1ccnc1C1CCCN(C(=O)c2scc3c2CCCC3)C1. The molecule has 5 nitrogen and oxygen atoms in total. The highest BCUT2D eigenvalue weighted by molar-refractivity contribution is 7.12. The molecule has 1 atom stereocenters. The minimum atomic E-state index is 0.234. The second-order valence-electron chi connectivity index (χ2n) is 7.34. The molecule has 0 bridgehead atoms. The Labute approximate surface area is 159 Å². The van der Waals surface area contributed by atoms with E-state index < -0.39 is 0 Å². The van der Waals surface area contributed by atoms with E-state index >= 15 is 0 Å².